The lowest BCUT2D eigenvalue weighted by molar-refractivity contribution is 0.127. The van der Waals surface area contributed by atoms with E-state index in [9.17, 15) is 0 Å². The fraction of sp³-hybridized carbons (Fsp3) is 0.467. The van der Waals surface area contributed by atoms with Gasteiger partial charge in [0.2, 0.25) is 5.95 Å². The van der Waals surface area contributed by atoms with Crippen molar-refractivity contribution in [2.24, 2.45) is 0 Å². The minimum atomic E-state index is -0.127. The number of anilines is 2. The van der Waals surface area contributed by atoms with Crippen LogP contribution in [-0.4, -0.2) is 59.2 Å². The van der Waals surface area contributed by atoms with E-state index < -0.39 is 0 Å². The molecule has 0 aliphatic heterocycles. The molecule has 0 unspecified atom stereocenters. The van der Waals surface area contributed by atoms with E-state index in [0.717, 1.165) is 65.0 Å². The fourth-order valence-corrected chi connectivity index (χ4v) is 4.61. The molecule has 0 atom stereocenters. The lowest BCUT2D eigenvalue weighted by Crippen LogP contribution is -2.42. The fourth-order valence-electron chi connectivity index (χ4n) is 4.61. The number of rotatable bonds is 12. The number of hydrogen-bond donors (Lipinski definition) is 4. The largest absolute Gasteiger partial charge is 0.496 e. The minimum Gasteiger partial charge on any atom is -0.496 e. The van der Waals surface area contributed by atoms with Crippen molar-refractivity contribution < 1.29 is 14.6 Å². The maximum Gasteiger partial charge on any atom is 0.222 e. The number of fused-ring (bicyclic) bond motifs is 3. The summed E-state index contributed by atoms with van der Waals surface area (Å²) in [5, 5.41) is 15.7. The second kappa shape index (κ2) is 14.1. The highest BCUT2D eigenvalue weighted by Gasteiger charge is 2.20. The number of methoxy groups -OCH3 is 2. The molecule has 5 N–H and O–H groups in total. The van der Waals surface area contributed by atoms with Crippen LogP contribution in [0.5, 0.6) is 5.75 Å². The summed E-state index contributed by atoms with van der Waals surface area (Å²) in [4.78, 5) is 9.23. The van der Waals surface area contributed by atoms with E-state index in [4.69, 9.17) is 20.3 Å². The van der Waals surface area contributed by atoms with Crippen LogP contribution in [0.1, 0.15) is 51.7 Å². The first-order valence-corrected chi connectivity index (χ1v) is 13.6. The molecule has 0 aliphatic rings. The van der Waals surface area contributed by atoms with Gasteiger partial charge in [-0.05, 0) is 51.0 Å². The van der Waals surface area contributed by atoms with Crippen LogP contribution in [-0.2, 0) is 17.8 Å². The quantitative estimate of drug-likeness (QED) is 0.188. The van der Waals surface area contributed by atoms with E-state index in [1.807, 2.05) is 18.2 Å². The molecule has 0 saturated heterocycles. The zero-order chi connectivity index (χ0) is 28.4. The molecule has 0 amide bonds. The van der Waals surface area contributed by atoms with E-state index in [1.165, 1.54) is 5.56 Å². The lowest BCUT2D eigenvalue weighted by Gasteiger charge is -2.25. The van der Waals surface area contributed by atoms with Crippen molar-refractivity contribution in [3.63, 3.8) is 0 Å². The van der Waals surface area contributed by atoms with E-state index in [-0.39, 0.29) is 18.1 Å². The van der Waals surface area contributed by atoms with Gasteiger partial charge in [0.15, 0.2) is 5.82 Å². The van der Waals surface area contributed by atoms with Gasteiger partial charge in [-0.15, -0.1) is 0 Å². The topological polar surface area (TPSA) is 119 Å². The Morgan fingerprint density at radius 2 is 1.82 bits per heavy atom. The Kier molecular flexibility index (Phi) is 10.9. The Morgan fingerprint density at radius 1 is 1.08 bits per heavy atom. The van der Waals surface area contributed by atoms with Gasteiger partial charge in [0.05, 0.1) is 25.8 Å². The van der Waals surface area contributed by atoms with Crippen molar-refractivity contribution >= 4 is 33.7 Å². The first-order valence-electron chi connectivity index (χ1n) is 13.6. The van der Waals surface area contributed by atoms with Gasteiger partial charge in [-0.2, -0.15) is 4.98 Å². The number of nitrogens with two attached hydrogens (primary N) is 1. The van der Waals surface area contributed by atoms with Gasteiger partial charge >= 0.3 is 0 Å². The Morgan fingerprint density at radius 3 is 2.51 bits per heavy atom. The number of para-hydroxylation sites is 1. The third-order valence-electron chi connectivity index (χ3n) is 6.39. The van der Waals surface area contributed by atoms with Crippen LogP contribution in [0.15, 0.2) is 42.5 Å². The normalized spacial score (nSPS) is 11.5. The molecule has 2 aromatic heterocycles. The minimum absolute atomic E-state index is 0.127. The van der Waals surface area contributed by atoms with Crippen molar-refractivity contribution in [1.29, 1.82) is 0 Å². The van der Waals surface area contributed by atoms with Crippen LogP contribution in [0.2, 0.25) is 0 Å². The van der Waals surface area contributed by atoms with Crippen molar-refractivity contribution in [2.45, 2.75) is 59.2 Å². The molecule has 0 aliphatic carbocycles. The van der Waals surface area contributed by atoms with Crippen molar-refractivity contribution in [2.75, 3.05) is 45.0 Å². The van der Waals surface area contributed by atoms with Gasteiger partial charge in [-0.25, -0.2) is 4.98 Å². The highest BCUT2D eigenvalue weighted by Crippen LogP contribution is 2.34. The molecule has 9 heteroatoms. The molecule has 0 radical (unpaired) electrons. The molecular formula is C30H44N6O3. The highest BCUT2D eigenvalue weighted by molar-refractivity contribution is 6.09. The SMILES string of the molecule is CCCCNc1nc(N)nc2c3ccccc3n(Cc3cc(CNC(C)(C)COC)ccc3OC)c12.CCO. The van der Waals surface area contributed by atoms with E-state index in [0.29, 0.717) is 13.2 Å². The third kappa shape index (κ3) is 7.59. The van der Waals surface area contributed by atoms with E-state index in [1.54, 1.807) is 21.1 Å². The number of nitrogens with zero attached hydrogens (tertiary/aromatic N) is 3. The average Bonchev–Trinajstić information content (AvgIpc) is 3.21. The second-order valence-corrected chi connectivity index (χ2v) is 10.1. The predicted molar refractivity (Wildman–Crippen MR) is 160 cm³/mol. The van der Waals surface area contributed by atoms with Gasteiger partial charge in [0.25, 0.3) is 0 Å². The number of benzene rings is 2. The van der Waals surface area contributed by atoms with E-state index in [2.05, 4.69) is 70.2 Å². The zero-order valence-electron chi connectivity index (χ0n) is 24.2. The number of ether oxygens (including phenoxy) is 2. The number of nitrogen functional groups attached to an aromatic ring is 1. The third-order valence-corrected chi connectivity index (χ3v) is 6.39. The molecule has 9 nitrogen and oxygen atoms in total. The monoisotopic (exact) mass is 536 g/mol. The Bertz CT molecular complexity index is 1350. The van der Waals surface area contributed by atoms with Crippen LogP contribution in [0.3, 0.4) is 0 Å². The Hall–Kier alpha value is -3.40. The Labute approximate surface area is 231 Å². The number of nitrogens with one attached hydrogen (secondary N) is 2. The summed E-state index contributed by atoms with van der Waals surface area (Å²) in [5.74, 6) is 1.88. The maximum absolute atomic E-state index is 7.57. The summed E-state index contributed by atoms with van der Waals surface area (Å²) in [6, 6.07) is 14.6. The number of unbranched alkanes of at least 4 members (excludes halogenated alkanes) is 1. The van der Waals surface area contributed by atoms with Crippen LogP contribution < -0.4 is 21.1 Å². The van der Waals surface area contributed by atoms with Gasteiger partial charge in [-0.3, -0.25) is 0 Å². The van der Waals surface area contributed by atoms with Gasteiger partial charge in [-0.1, -0.05) is 37.6 Å². The molecule has 0 bridgehead atoms. The molecule has 39 heavy (non-hydrogen) atoms. The standard InChI is InChI=1S/C28H38N6O2.C2H6O/c1-6-7-14-30-26-25-24(32-27(29)33-26)21-10-8-9-11-22(21)34(25)17-20-15-19(12-13-23(20)36-5)16-31-28(2,3)18-35-4;1-2-3/h8-13,15,31H,6-7,14,16-18H2,1-5H3,(H3,29,30,32,33);3H,2H2,1H3. The summed E-state index contributed by atoms with van der Waals surface area (Å²) in [6.07, 6.45) is 2.15. The molecule has 2 aromatic carbocycles. The smallest absolute Gasteiger partial charge is 0.222 e. The molecule has 0 saturated carbocycles. The predicted octanol–water partition coefficient (Wildman–Crippen LogP) is 4.95. The number of aliphatic hydroxyl groups is 1. The van der Waals surface area contributed by atoms with Crippen LogP contribution in [0.25, 0.3) is 21.9 Å². The first-order chi connectivity index (χ1) is 18.8. The van der Waals surface area contributed by atoms with Gasteiger partial charge in [0.1, 0.15) is 16.8 Å². The molecule has 0 fully saturated rings. The van der Waals surface area contributed by atoms with Crippen molar-refractivity contribution in [3.8, 4) is 5.75 Å². The zero-order valence-corrected chi connectivity index (χ0v) is 24.2. The second-order valence-electron chi connectivity index (χ2n) is 10.1. The van der Waals surface area contributed by atoms with Gasteiger partial charge < -0.3 is 35.5 Å². The molecule has 212 valence electrons. The molecular weight excluding hydrogens is 492 g/mol. The summed E-state index contributed by atoms with van der Waals surface area (Å²) < 4.78 is 13.4. The van der Waals surface area contributed by atoms with Crippen molar-refractivity contribution in [1.82, 2.24) is 19.9 Å². The number of aliphatic hydroxyl groups excluding tert-OH is 1. The maximum atomic E-state index is 7.57. The lowest BCUT2D eigenvalue weighted by atomic mass is 10.0. The highest BCUT2D eigenvalue weighted by atomic mass is 16.5. The molecule has 4 aromatic rings. The van der Waals surface area contributed by atoms with Gasteiger partial charge in [0, 0.05) is 43.3 Å². The molecule has 4 rings (SSSR count). The van der Waals surface area contributed by atoms with Crippen LogP contribution >= 0.6 is 0 Å². The van der Waals surface area contributed by atoms with E-state index >= 15 is 0 Å². The summed E-state index contributed by atoms with van der Waals surface area (Å²) in [7, 11) is 3.44. The van der Waals surface area contributed by atoms with Crippen molar-refractivity contribution in [3.05, 3.63) is 53.6 Å². The average molecular weight is 537 g/mol. The Balaban J connectivity index is 0.00000134. The molecule has 2 heterocycles. The summed E-state index contributed by atoms with van der Waals surface area (Å²) >= 11 is 0. The summed E-state index contributed by atoms with van der Waals surface area (Å²) in [5.41, 5.74) is 11.2. The van der Waals surface area contributed by atoms with Crippen LogP contribution in [0.4, 0.5) is 11.8 Å². The van der Waals surface area contributed by atoms with Crippen LogP contribution in [0, 0.1) is 0 Å². The molecule has 0 spiro atoms. The number of hydrogen-bond acceptors (Lipinski definition) is 8. The number of aromatic nitrogens is 3. The first kappa shape index (κ1) is 30.1. The summed E-state index contributed by atoms with van der Waals surface area (Å²) in [6.45, 7) is 11.2.